The molecule has 1 rings (SSSR count). The molecule has 2 nitrogen and oxygen atoms in total. The third-order valence-corrected chi connectivity index (χ3v) is 9.69. The minimum Gasteiger partial charge on any atom is -0.322 e. The number of thioether (sulfide) groups is 1. The van der Waals surface area contributed by atoms with Crippen molar-refractivity contribution in [1.29, 1.82) is 0 Å². The summed E-state index contributed by atoms with van der Waals surface area (Å²) in [5, 5.41) is 2.08. The Bertz CT molecular complexity index is 455. The van der Waals surface area contributed by atoms with Crippen LogP contribution in [0.25, 0.3) is 0 Å². The van der Waals surface area contributed by atoms with Crippen LogP contribution in [0.15, 0.2) is 23.1 Å². The van der Waals surface area contributed by atoms with Crippen LogP contribution < -0.4 is 0 Å². The molecule has 1 aromatic rings. The standard InChI is InChI=1S/C11H15Cl2O2PS3.W/c1-3-14-16(17,15-4-2)19-8-18-11-7-9(12)5-6-10(11)13;/h5-7H,3-4,8H2,1-2H3;/q;+2. The summed E-state index contributed by atoms with van der Waals surface area (Å²) < 4.78 is 11.1. The van der Waals surface area contributed by atoms with E-state index in [9.17, 15) is 0 Å². The largest absolute Gasteiger partial charge is 2.00 e. The van der Waals surface area contributed by atoms with Crippen LogP contribution in [-0.2, 0) is 41.9 Å². The van der Waals surface area contributed by atoms with E-state index >= 15 is 0 Å². The Morgan fingerprint density at radius 3 is 2.35 bits per heavy atom. The Kier molecular flexibility index (Phi) is 12.3. The summed E-state index contributed by atoms with van der Waals surface area (Å²) in [4.78, 5) is 0.941. The van der Waals surface area contributed by atoms with Gasteiger partial charge in [0.05, 0.1) is 23.3 Å². The van der Waals surface area contributed by atoms with Gasteiger partial charge in [-0.2, -0.15) is 0 Å². The number of benzene rings is 1. The van der Waals surface area contributed by atoms with Crippen LogP contribution >= 0.6 is 52.0 Å². The maximum absolute atomic E-state index is 6.10. The number of rotatable bonds is 8. The summed E-state index contributed by atoms with van der Waals surface area (Å²) in [7, 11) is 0. The molecule has 9 heteroatoms. The van der Waals surface area contributed by atoms with Crippen LogP contribution in [0.4, 0.5) is 0 Å². The van der Waals surface area contributed by atoms with Crippen molar-refractivity contribution in [3.63, 3.8) is 0 Å². The molecular weight excluding hydrogens is 546 g/mol. The minimum absolute atomic E-state index is 0. The Hall–Kier alpha value is 1.76. The normalized spacial score (nSPS) is 11.2. The first-order valence-corrected chi connectivity index (χ1v) is 11.6. The van der Waals surface area contributed by atoms with Gasteiger partial charge in [0.25, 0.3) is 0 Å². The molecule has 0 N–H and O–H groups in total. The van der Waals surface area contributed by atoms with Gasteiger partial charge in [-0.25, -0.2) is 0 Å². The number of halogens is 2. The summed E-state index contributed by atoms with van der Waals surface area (Å²) in [6, 6.07) is 5.41. The van der Waals surface area contributed by atoms with Gasteiger partial charge in [-0.15, -0.1) is 11.8 Å². The first kappa shape index (κ1) is 21.8. The first-order chi connectivity index (χ1) is 9.00. The molecule has 0 spiro atoms. The SMILES string of the molecule is CCOP(=S)(OCC)SCSc1cc(Cl)ccc1Cl.[W+2]. The van der Waals surface area contributed by atoms with Gasteiger partial charge in [-0.05, 0) is 43.9 Å². The Morgan fingerprint density at radius 1 is 1.20 bits per heavy atom. The maximum atomic E-state index is 6.10. The zero-order valence-electron chi connectivity index (χ0n) is 11.0. The molecule has 0 fully saturated rings. The molecule has 0 radical (unpaired) electrons. The van der Waals surface area contributed by atoms with Gasteiger partial charge in [-0.1, -0.05) is 34.6 Å². The average molecular weight is 561 g/mol. The van der Waals surface area contributed by atoms with E-state index in [2.05, 4.69) is 0 Å². The molecule has 0 aromatic heterocycles. The van der Waals surface area contributed by atoms with Gasteiger partial charge in [-0.3, -0.25) is 0 Å². The van der Waals surface area contributed by atoms with Crippen LogP contribution in [0.1, 0.15) is 13.8 Å². The van der Waals surface area contributed by atoms with Gasteiger partial charge in [0.2, 0.25) is 5.69 Å². The van der Waals surface area contributed by atoms with E-state index in [-0.39, 0.29) is 21.1 Å². The molecule has 20 heavy (non-hydrogen) atoms. The van der Waals surface area contributed by atoms with E-state index in [0.717, 1.165) is 9.98 Å². The topological polar surface area (TPSA) is 18.5 Å². The second-order valence-electron chi connectivity index (χ2n) is 3.25. The molecule has 0 amide bonds. The van der Waals surface area contributed by atoms with Gasteiger partial charge in [0.15, 0.2) is 0 Å². The van der Waals surface area contributed by atoms with Crippen LogP contribution in [0.3, 0.4) is 0 Å². The molecule has 0 aliphatic rings. The molecule has 0 saturated heterocycles. The fourth-order valence-corrected chi connectivity index (χ4v) is 8.71. The third-order valence-electron chi connectivity index (χ3n) is 1.89. The molecule has 0 aliphatic carbocycles. The van der Waals surface area contributed by atoms with Crippen LogP contribution in [0.5, 0.6) is 0 Å². The van der Waals surface area contributed by atoms with E-state index in [1.54, 1.807) is 23.9 Å². The summed E-state index contributed by atoms with van der Waals surface area (Å²) in [6.45, 7) is 4.96. The van der Waals surface area contributed by atoms with Crippen molar-refractivity contribution in [2.45, 2.75) is 18.7 Å². The monoisotopic (exact) mass is 560 g/mol. The van der Waals surface area contributed by atoms with Crippen LogP contribution in [-0.4, -0.2) is 18.3 Å². The predicted molar refractivity (Wildman–Crippen MR) is 92.3 cm³/mol. The van der Waals surface area contributed by atoms with Crippen molar-refractivity contribution in [1.82, 2.24) is 0 Å². The second kappa shape index (κ2) is 11.3. The minimum atomic E-state index is -2.23. The van der Waals surface area contributed by atoms with Crippen LogP contribution in [0.2, 0.25) is 10.0 Å². The number of hydrogen-bond acceptors (Lipinski definition) is 5. The van der Waals surface area contributed by atoms with Crippen molar-refractivity contribution in [3.05, 3.63) is 28.2 Å². The van der Waals surface area contributed by atoms with Gasteiger partial charge in [0.1, 0.15) is 0 Å². The average Bonchev–Trinajstić information content (AvgIpc) is 2.34. The summed E-state index contributed by atoms with van der Waals surface area (Å²) in [5.41, 5.74) is -2.23. The summed E-state index contributed by atoms with van der Waals surface area (Å²) in [6.07, 6.45) is 0. The molecule has 0 aliphatic heterocycles. The van der Waals surface area contributed by atoms with E-state index in [1.807, 2.05) is 19.9 Å². The molecular formula is C11H15Cl2O2PS3W+2. The number of hydrogen-bond donors (Lipinski definition) is 0. The van der Waals surface area contributed by atoms with E-state index in [1.165, 1.54) is 11.4 Å². The first-order valence-electron chi connectivity index (χ1n) is 5.62. The zero-order valence-corrected chi connectivity index (χ0v) is 18.8. The smallest absolute Gasteiger partial charge is 0.322 e. The molecule has 0 atom stereocenters. The zero-order chi connectivity index (χ0) is 14.3. The summed E-state index contributed by atoms with van der Waals surface area (Å²) in [5.74, 6) is 0. The molecule has 0 heterocycles. The Morgan fingerprint density at radius 2 is 1.80 bits per heavy atom. The maximum Gasteiger partial charge on any atom is 2.00 e. The van der Waals surface area contributed by atoms with Crippen LogP contribution in [0, 0.1) is 0 Å². The Labute approximate surface area is 158 Å². The fourth-order valence-electron chi connectivity index (χ4n) is 1.17. The fraction of sp³-hybridized carbons (Fsp3) is 0.455. The summed E-state index contributed by atoms with van der Waals surface area (Å²) >= 11 is 20.6. The van der Waals surface area contributed by atoms with Crippen molar-refractivity contribution < 1.29 is 30.1 Å². The van der Waals surface area contributed by atoms with Crippen molar-refractivity contribution in [2.75, 3.05) is 18.3 Å². The van der Waals surface area contributed by atoms with Crippen molar-refractivity contribution in [2.24, 2.45) is 0 Å². The van der Waals surface area contributed by atoms with E-state index < -0.39 is 5.69 Å². The van der Waals surface area contributed by atoms with Crippen molar-refractivity contribution in [3.8, 4) is 0 Å². The van der Waals surface area contributed by atoms with E-state index in [4.69, 9.17) is 44.1 Å². The molecule has 1 aromatic carbocycles. The quantitative estimate of drug-likeness (QED) is 0.217. The molecule has 0 saturated carbocycles. The molecule has 112 valence electrons. The molecule has 0 bridgehead atoms. The van der Waals surface area contributed by atoms with Gasteiger partial charge < -0.3 is 9.05 Å². The predicted octanol–water partition coefficient (Wildman–Crippen LogP) is 6.07. The third kappa shape index (κ3) is 7.85. The van der Waals surface area contributed by atoms with Gasteiger partial charge in [0, 0.05) is 9.92 Å². The van der Waals surface area contributed by atoms with E-state index in [0.29, 0.717) is 23.3 Å². The Balaban J connectivity index is 0.00000361. The molecule has 0 unspecified atom stereocenters. The van der Waals surface area contributed by atoms with Gasteiger partial charge >= 0.3 is 21.1 Å². The second-order valence-corrected chi connectivity index (χ2v) is 11.8. The van der Waals surface area contributed by atoms with Crippen molar-refractivity contribution >= 4 is 63.8 Å².